The summed E-state index contributed by atoms with van der Waals surface area (Å²) in [7, 11) is 0. The molecule has 0 aliphatic carbocycles. The zero-order valence-electron chi connectivity index (χ0n) is 10.2. The molecule has 1 rings (SSSR count). The molecule has 0 aliphatic rings. The molecular weight excluding hydrogens is 218 g/mol. The molecule has 4 heteroatoms. The molecule has 16 heavy (non-hydrogen) atoms. The fraction of sp³-hybridized carbons (Fsp3) is 0.667. The number of nitrogens with zero attached hydrogens (tertiary/aromatic N) is 2. The summed E-state index contributed by atoms with van der Waals surface area (Å²) in [5, 5.41) is 13.2. The van der Waals surface area contributed by atoms with Crippen molar-refractivity contribution in [3.63, 3.8) is 0 Å². The number of anilines is 1. The van der Waals surface area contributed by atoms with Crippen molar-refractivity contribution in [1.82, 2.24) is 4.37 Å². The summed E-state index contributed by atoms with van der Waals surface area (Å²) in [5.41, 5.74) is 1.53. The SMILES string of the molecule is Cc1nsc(NCCCCC(C)C)c1C#N. The minimum atomic E-state index is 0.703. The van der Waals surface area contributed by atoms with Gasteiger partial charge in [0.1, 0.15) is 16.6 Å². The summed E-state index contributed by atoms with van der Waals surface area (Å²) in [6.07, 6.45) is 3.67. The van der Waals surface area contributed by atoms with Crippen LogP contribution in [-0.4, -0.2) is 10.9 Å². The number of hydrogen-bond acceptors (Lipinski definition) is 4. The third kappa shape index (κ3) is 3.82. The second kappa shape index (κ2) is 6.49. The standard InChI is InChI=1S/C12H19N3S/c1-9(2)6-4-5-7-14-12-11(8-13)10(3)15-16-12/h9,14H,4-7H2,1-3H3. The van der Waals surface area contributed by atoms with Crippen LogP contribution in [0.3, 0.4) is 0 Å². The Bertz CT molecular complexity index is 363. The minimum absolute atomic E-state index is 0.703. The van der Waals surface area contributed by atoms with Crippen molar-refractivity contribution >= 4 is 16.5 Å². The molecule has 0 radical (unpaired) electrons. The Morgan fingerprint density at radius 2 is 2.19 bits per heavy atom. The number of nitrogens with one attached hydrogen (secondary N) is 1. The van der Waals surface area contributed by atoms with Gasteiger partial charge in [-0.25, -0.2) is 0 Å². The molecule has 0 saturated heterocycles. The van der Waals surface area contributed by atoms with Crippen molar-refractivity contribution in [2.75, 3.05) is 11.9 Å². The highest BCUT2D eigenvalue weighted by atomic mass is 32.1. The Hall–Kier alpha value is -1.08. The first-order valence-corrected chi connectivity index (χ1v) is 6.52. The lowest BCUT2D eigenvalue weighted by Crippen LogP contribution is -2.02. The van der Waals surface area contributed by atoms with E-state index in [1.807, 2.05) is 6.92 Å². The monoisotopic (exact) mass is 237 g/mol. The van der Waals surface area contributed by atoms with Gasteiger partial charge in [-0.2, -0.15) is 9.64 Å². The van der Waals surface area contributed by atoms with Crippen LogP contribution in [0.2, 0.25) is 0 Å². The van der Waals surface area contributed by atoms with Gasteiger partial charge in [0.15, 0.2) is 0 Å². The van der Waals surface area contributed by atoms with Crippen LogP contribution >= 0.6 is 11.5 Å². The number of nitriles is 1. The molecule has 0 aromatic carbocycles. The largest absolute Gasteiger partial charge is 0.375 e. The van der Waals surface area contributed by atoms with Gasteiger partial charge in [-0.3, -0.25) is 0 Å². The molecule has 0 saturated carbocycles. The predicted octanol–water partition coefficient (Wildman–Crippen LogP) is 3.56. The number of aromatic nitrogens is 1. The van der Waals surface area contributed by atoms with Gasteiger partial charge in [-0.05, 0) is 30.8 Å². The third-order valence-electron chi connectivity index (χ3n) is 2.47. The zero-order valence-corrected chi connectivity index (χ0v) is 11.0. The molecular formula is C12H19N3S. The summed E-state index contributed by atoms with van der Waals surface area (Å²) in [6.45, 7) is 7.30. The average Bonchev–Trinajstić information content (AvgIpc) is 2.58. The van der Waals surface area contributed by atoms with Crippen molar-refractivity contribution in [2.45, 2.75) is 40.0 Å². The van der Waals surface area contributed by atoms with E-state index >= 15 is 0 Å². The first-order valence-electron chi connectivity index (χ1n) is 5.75. The molecule has 1 N–H and O–H groups in total. The lowest BCUT2D eigenvalue weighted by Gasteiger charge is -2.05. The second-order valence-electron chi connectivity index (χ2n) is 4.40. The van der Waals surface area contributed by atoms with Crippen LogP contribution in [0.4, 0.5) is 5.00 Å². The van der Waals surface area contributed by atoms with E-state index in [-0.39, 0.29) is 0 Å². The summed E-state index contributed by atoms with van der Waals surface area (Å²) < 4.78 is 4.17. The van der Waals surface area contributed by atoms with E-state index in [4.69, 9.17) is 5.26 Å². The summed E-state index contributed by atoms with van der Waals surface area (Å²) >= 11 is 1.38. The Morgan fingerprint density at radius 1 is 1.44 bits per heavy atom. The van der Waals surface area contributed by atoms with Crippen molar-refractivity contribution in [3.05, 3.63) is 11.3 Å². The van der Waals surface area contributed by atoms with E-state index in [2.05, 4.69) is 29.6 Å². The van der Waals surface area contributed by atoms with Crippen LogP contribution in [-0.2, 0) is 0 Å². The highest BCUT2D eigenvalue weighted by Crippen LogP contribution is 2.23. The predicted molar refractivity (Wildman–Crippen MR) is 68.7 cm³/mol. The van der Waals surface area contributed by atoms with E-state index in [9.17, 15) is 0 Å². The van der Waals surface area contributed by atoms with Crippen molar-refractivity contribution < 1.29 is 0 Å². The maximum Gasteiger partial charge on any atom is 0.127 e. The van der Waals surface area contributed by atoms with Gasteiger partial charge in [0.05, 0.1) is 5.69 Å². The Labute approximate surface area is 102 Å². The number of aryl methyl sites for hydroxylation is 1. The number of rotatable bonds is 6. The van der Waals surface area contributed by atoms with Gasteiger partial charge < -0.3 is 5.32 Å². The molecule has 1 aromatic rings. The molecule has 3 nitrogen and oxygen atoms in total. The summed E-state index contributed by atoms with van der Waals surface area (Å²) in [5.74, 6) is 0.778. The van der Waals surface area contributed by atoms with Crippen molar-refractivity contribution in [1.29, 1.82) is 5.26 Å². The zero-order chi connectivity index (χ0) is 12.0. The summed E-state index contributed by atoms with van der Waals surface area (Å²) in [4.78, 5) is 0. The van der Waals surface area contributed by atoms with Crippen LogP contribution in [0, 0.1) is 24.2 Å². The fourth-order valence-electron chi connectivity index (χ4n) is 1.50. The van der Waals surface area contributed by atoms with Gasteiger partial charge in [-0.15, -0.1) is 0 Å². The quantitative estimate of drug-likeness (QED) is 0.770. The molecule has 1 heterocycles. The van der Waals surface area contributed by atoms with Gasteiger partial charge in [0.2, 0.25) is 0 Å². The number of unbranched alkanes of at least 4 members (excludes halogenated alkanes) is 1. The molecule has 0 aliphatic heterocycles. The Balaban J connectivity index is 2.30. The van der Waals surface area contributed by atoms with Crippen LogP contribution in [0.25, 0.3) is 0 Å². The molecule has 0 bridgehead atoms. The van der Waals surface area contributed by atoms with Crippen LogP contribution in [0.15, 0.2) is 0 Å². The molecule has 0 atom stereocenters. The highest BCUT2D eigenvalue weighted by Gasteiger charge is 2.08. The van der Waals surface area contributed by atoms with Gasteiger partial charge in [-0.1, -0.05) is 26.7 Å². The molecule has 0 amide bonds. The minimum Gasteiger partial charge on any atom is -0.375 e. The van der Waals surface area contributed by atoms with E-state index in [0.29, 0.717) is 5.56 Å². The fourth-order valence-corrected chi connectivity index (χ4v) is 2.27. The maximum absolute atomic E-state index is 8.94. The van der Waals surface area contributed by atoms with Crippen LogP contribution in [0.5, 0.6) is 0 Å². The highest BCUT2D eigenvalue weighted by molar-refractivity contribution is 7.10. The molecule has 88 valence electrons. The second-order valence-corrected chi connectivity index (χ2v) is 5.17. The molecule has 0 fully saturated rings. The van der Waals surface area contributed by atoms with Crippen LogP contribution in [0.1, 0.15) is 44.4 Å². The van der Waals surface area contributed by atoms with Gasteiger partial charge in [0.25, 0.3) is 0 Å². The van der Waals surface area contributed by atoms with Crippen LogP contribution < -0.4 is 5.32 Å². The summed E-state index contributed by atoms with van der Waals surface area (Å²) in [6, 6.07) is 2.19. The van der Waals surface area contributed by atoms with Gasteiger partial charge in [0, 0.05) is 6.54 Å². The maximum atomic E-state index is 8.94. The first kappa shape index (κ1) is 13.0. The van der Waals surface area contributed by atoms with Gasteiger partial charge >= 0.3 is 0 Å². The van der Waals surface area contributed by atoms with Crippen molar-refractivity contribution in [3.8, 4) is 6.07 Å². The lowest BCUT2D eigenvalue weighted by molar-refractivity contribution is 0.545. The average molecular weight is 237 g/mol. The normalized spacial score (nSPS) is 10.4. The van der Waals surface area contributed by atoms with Crippen molar-refractivity contribution in [2.24, 2.45) is 5.92 Å². The number of hydrogen-bond donors (Lipinski definition) is 1. The molecule has 0 unspecified atom stereocenters. The first-order chi connectivity index (χ1) is 7.65. The van der Waals surface area contributed by atoms with E-state index in [1.165, 1.54) is 24.4 Å². The van der Waals surface area contributed by atoms with E-state index in [1.54, 1.807) is 0 Å². The van der Waals surface area contributed by atoms with E-state index in [0.717, 1.165) is 29.6 Å². The molecule has 0 spiro atoms. The third-order valence-corrected chi connectivity index (χ3v) is 3.36. The lowest BCUT2D eigenvalue weighted by atomic mass is 10.1. The Kier molecular flexibility index (Phi) is 5.27. The Morgan fingerprint density at radius 3 is 2.81 bits per heavy atom. The molecule has 1 aromatic heterocycles. The topological polar surface area (TPSA) is 48.7 Å². The smallest absolute Gasteiger partial charge is 0.127 e. The van der Waals surface area contributed by atoms with E-state index < -0.39 is 0 Å².